The van der Waals surface area contributed by atoms with Crippen molar-refractivity contribution in [3.05, 3.63) is 52.9 Å². The van der Waals surface area contributed by atoms with Gasteiger partial charge in [-0.25, -0.2) is 19.7 Å². The summed E-state index contributed by atoms with van der Waals surface area (Å²) in [6.45, 7) is 1.95. The van der Waals surface area contributed by atoms with Crippen LogP contribution in [0.3, 0.4) is 0 Å². The van der Waals surface area contributed by atoms with Gasteiger partial charge in [0.25, 0.3) is 0 Å². The molecule has 0 unspecified atom stereocenters. The van der Waals surface area contributed by atoms with Crippen LogP contribution in [0.2, 0.25) is 0 Å². The first-order valence-electron chi connectivity index (χ1n) is 11.7. The standard InChI is InChI=1S/C25H22BrN7O4/c1-25-8-14(23(35)31-17-7-3-6-16(26)30-17)33(15(25)9-25)18(34)10-32-13-5-2-4-12(24(36)37)19(13)20-21(27)28-11-29-22(20)32/h2-7,11,14-15H,8-10H2,1H3,(H,36,37)(H2,27,28,29)(H,30,31,35)/t14-,15+,25-/m0/s1. The molecule has 0 radical (unpaired) electrons. The number of carbonyl (C=O) groups is 3. The van der Waals surface area contributed by atoms with Gasteiger partial charge in [-0.05, 0) is 58.5 Å². The third-order valence-electron chi connectivity index (χ3n) is 7.41. The highest BCUT2D eigenvalue weighted by Crippen LogP contribution is 2.59. The fraction of sp³-hybridized carbons (Fsp3) is 0.280. The van der Waals surface area contributed by atoms with Gasteiger partial charge in [-0.1, -0.05) is 19.1 Å². The SMILES string of the molecule is C[C@@]12C[C@@H](C(=O)Nc3cccc(Br)n3)N(C(=O)Cn3c4cccc(C(=O)O)c4c4c(N)ncnc43)[C@@H]1C2. The lowest BCUT2D eigenvalue weighted by atomic mass is 10.0. The molecule has 6 rings (SSSR count). The molecule has 2 fully saturated rings. The Morgan fingerprint density at radius 3 is 2.70 bits per heavy atom. The number of hydrogen-bond acceptors (Lipinski definition) is 7. The maximum absolute atomic E-state index is 13.8. The average molecular weight is 564 g/mol. The van der Waals surface area contributed by atoms with Crippen LogP contribution in [0.25, 0.3) is 21.9 Å². The van der Waals surface area contributed by atoms with E-state index in [1.807, 2.05) is 0 Å². The smallest absolute Gasteiger partial charge is 0.336 e. The molecule has 1 aromatic carbocycles. The molecule has 12 heteroatoms. The van der Waals surface area contributed by atoms with Crippen LogP contribution < -0.4 is 11.1 Å². The summed E-state index contributed by atoms with van der Waals surface area (Å²) in [6, 6.07) is 9.34. The van der Waals surface area contributed by atoms with Gasteiger partial charge >= 0.3 is 5.97 Å². The van der Waals surface area contributed by atoms with Gasteiger partial charge in [-0.2, -0.15) is 0 Å². The molecule has 2 aliphatic rings. The summed E-state index contributed by atoms with van der Waals surface area (Å²) in [4.78, 5) is 53.4. The maximum atomic E-state index is 13.8. The van der Waals surface area contributed by atoms with Crippen molar-refractivity contribution in [2.45, 2.75) is 38.4 Å². The van der Waals surface area contributed by atoms with Gasteiger partial charge < -0.3 is 25.6 Å². The number of carboxylic acids is 1. The number of nitrogens with two attached hydrogens (primary N) is 1. The molecule has 37 heavy (non-hydrogen) atoms. The normalized spacial score (nSPS) is 22.3. The molecule has 3 atom stereocenters. The number of piperidine rings is 1. The van der Waals surface area contributed by atoms with Crippen molar-refractivity contribution in [2.24, 2.45) is 5.41 Å². The van der Waals surface area contributed by atoms with Crippen LogP contribution in [0.4, 0.5) is 11.6 Å². The summed E-state index contributed by atoms with van der Waals surface area (Å²) in [5.41, 5.74) is 6.93. The van der Waals surface area contributed by atoms with Crippen LogP contribution in [-0.2, 0) is 16.1 Å². The molecule has 1 aliphatic heterocycles. The van der Waals surface area contributed by atoms with Gasteiger partial charge in [-0.15, -0.1) is 0 Å². The summed E-state index contributed by atoms with van der Waals surface area (Å²) in [7, 11) is 0. The number of anilines is 2. The molecule has 0 spiro atoms. The van der Waals surface area contributed by atoms with Crippen LogP contribution >= 0.6 is 15.9 Å². The molecule has 4 heterocycles. The zero-order valence-electron chi connectivity index (χ0n) is 19.7. The molecule has 3 aromatic heterocycles. The van der Waals surface area contributed by atoms with Crippen molar-refractivity contribution in [1.82, 2.24) is 24.4 Å². The maximum Gasteiger partial charge on any atom is 0.336 e. The molecule has 4 aromatic rings. The number of hydrogen-bond donors (Lipinski definition) is 3. The molecule has 4 N–H and O–H groups in total. The van der Waals surface area contributed by atoms with Crippen molar-refractivity contribution in [3.8, 4) is 0 Å². The van der Waals surface area contributed by atoms with Gasteiger partial charge in [0, 0.05) is 11.4 Å². The quantitative estimate of drug-likeness (QED) is 0.313. The minimum absolute atomic E-state index is 0.0462. The second kappa shape index (κ2) is 8.23. The number of pyridine rings is 1. The Balaban J connectivity index is 1.37. The first kappa shape index (κ1) is 23.3. The average Bonchev–Trinajstić information content (AvgIpc) is 3.25. The summed E-state index contributed by atoms with van der Waals surface area (Å²) in [5.74, 6) is -1.15. The van der Waals surface area contributed by atoms with Crippen LogP contribution in [0.5, 0.6) is 0 Å². The van der Waals surface area contributed by atoms with Gasteiger partial charge in [0.15, 0.2) is 0 Å². The highest BCUT2D eigenvalue weighted by Gasteiger charge is 2.64. The Bertz CT molecular complexity index is 1640. The number of amides is 2. The summed E-state index contributed by atoms with van der Waals surface area (Å²) < 4.78 is 2.24. The number of likely N-dealkylation sites (tertiary alicyclic amines) is 1. The summed E-state index contributed by atoms with van der Waals surface area (Å²) in [6.07, 6.45) is 2.66. The first-order chi connectivity index (χ1) is 17.7. The van der Waals surface area contributed by atoms with E-state index in [0.29, 0.717) is 38.8 Å². The zero-order valence-corrected chi connectivity index (χ0v) is 21.3. The zero-order chi connectivity index (χ0) is 26.1. The lowest BCUT2D eigenvalue weighted by molar-refractivity contribution is -0.138. The second-order valence-electron chi connectivity index (χ2n) is 9.78. The number of aromatic carboxylic acids is 1. The van der Waals surface area contributed by atoms with Gasteiger partial charge in [0.1, 0.15) is 40.8 Å². The summed E-state index contributed by atoms with van der Waals surface area (Å²) in [5, 5.41) is 13.4. The van der Waals surface area contributed by atoms with E-state index >= 15 is 0 Å². The van der Waals surface area contributed by atoms with Crippen molar-refractivity contribution in [1.29, 1.82) is 0 Å². The van der Waals surface area contributed by atoms with Crippen molar-refractivity contribution in [3.63, 3.8) is 0 Å². The summed E-state index contributed by atoms with van der Waals surface area (Å²) >= 11 is 3.30. The van der Waals surface area contributed by atoms with E-state index in [4.69, 9.17) is 5.73 Å². The Hall–Kier alpha value is -4.06. The highest BCUT2D eigenvalue weighted by atomic mass is 79.9. The van der Waals surface area contributed by atoms with Gasteiger partial charge in [0.05, 0.1) is 16.5 Å². The van der Waals surface area contributed by atoms with Crippen molar-refractivity contribution < 1.29 is 19.5 Å². The van der Waals surface area contributed by atoms with Crippen LogP contribution in [0.15, 0.2) is 47.3 Å². The van der Waals surface area contributed by atoms with E-state index in [2.05, 4.69) is 43.1 Å². The van der Waals surface area contributed by atoms with E-state index in [1.165, 1.54) is 12.4 Å². The molecule has 1 saturated heterocycles. The second-order valence-corrected chi connectivity index (χ2v) is 10.6. The number of rotatable bonds is 5. The van der Waals surface area contributed by atoms with E-state index in [9.17, 15) is 19.5 Å². The van der Waals surface area contributed by atoms with Crippen molar-refractivity contribution >= 4 is 67.3 Å². The predicted molar refractivity (Wildman–Crippen MR) is 139 cm³/mol. The van der Waals surface area contributed by atoms with E-state index < -0.39 is 12.0 Å². The van der Waals surface area contributed by atoms with E-state index in [0.717, 1.165) is 6.42 Å². The minimum atomic E-state index is -1.12. The minimum Gasteiger partial charge on any atom is -0.478 e. The third-order valence-corrected chi connectivity index (χ3v) is 7.85. The Kier molecular flexibility index (Phi) is 5.19. The number of nitrogen functional groups attached to an aromatic ring is 1. The number of halogens is 1. The number of carboxylic acid groups (broad SMARTS) is 1. The van der Waals surface area contributed by atoms with E-state index in [-0.39, 0.29) is 41.2 Å². The van der Waals surface area contributed by atoms with Gasteiger partial charge in [-0.3, -0.25) is 9.59 Å². The van der Waals surface area contributed by atoms with Crippen LogP contribution in [0, 0.1) is 5.41 Å². The molecule has 0 bridgehead atoms. The number of benzene rings is 1. The third kappa shape index (κ3) is 3.70. The van der Waals surface area contributed by atoms with E-state index in [1.54, 1.807) is 39.8 Å². The largest absolute Gasteiger partial charge is 0.478 e. The lowest BCUT2D eigenvalue weighted by Gasteiger charge is -2.27. The highest BCUT2D eigenvalue weighted by molar-refractivity contribution is 9.10. The Morgan fingerprint density at radius 1 is 1.16 bits per heavy atom. The number of aromatic nitrogens is 4. The Labute approximate surface area is 218 Å². The molecular formula is C25H22BrN7O4. The topological polar surface area (TPSA) is 156 Å². The number of carbonyl (C=O) groups excluding carboxylic acids is 2. The molecular weight excluding hydrogens is 542 g/mol. The molecule has 1 aliphatic carbocycles. The molecule has 11 nitrogen and oxygen atoms in total. The van der Waals surface area contributed by atoms with Gasteiger partial charge in [0.2, 0.25) is 11.8 Å². The fourth-order valence-electron chi connectivity index (χ4n) is 5.58. The Morgan fingerprint density at radius 2 is 1.95 bits per heavy atom. The lowest BCUT2D eigenvalue weighted by Crippen LogP contribution is -2.46. The number of nitrogens with one attached hydrogen (secondary N) is 1. The van der Waals surface area contributed by atoms with Crippen LogP contribution in [-0.4, -0.2) is 59.4 Å². The molecule has 2 amide bonds. The predicted octanol–water partition coefficient (Wildman–Crippen LogP) is 3.04. The molecule has 1 saturated carbocycles. The van der Waals surface area contributed by atoms with Crippen molar-refractivity contribution in [2.75, 3.05) is 11.1 Å². The molecule has 188 valence electrons. The number of nitrogens with zero attached hydrogens (tertiary/aromatic N) is 5. The fourth-order valence-corrected chi connectivity index (χ4v) is 5.92. The first-order valence-corrected chi connectivity index (χ1v) is 12.5. The van der Waals surface area contributed by atoms with Crippen LogP contribution in [0.1, 0.15) is 30.1 Å². The monoisotopic (exact) mass is 563 g/mol. The number of fused-ring (bicyclic) bond motifs is 4.